The number of nitrogens with zero attached hydrogens (tertiary/aromatic N) is 2. The van der Waals surface area contributed by atoms with Crippen LogP contribution in [0.1, 0.15) is 19.4 Å². The summed E-state index contributed by atoms with van der Waals surface area (Å²) in [6, 6.07) is 9.60. The van der Waals surface area contributed by atoms with Crippen LogP contribution in [0, 0.1) is 0 Å². The molecule has 0 unspecified atom stereocenters. The number of anilines is 1. The normalized spacial score (nSPS) is 9.35. The van der Waals surface area contributed by atoms with Gasteiger partial charge in [0.1, 0.15) is 0 Å². The molecule has 1 aromatic carbocycles. The molecule has 92 valence electrons. The zero-order valence-electron chi connectivity index (χ0n) is 9.88. The fraction of sp³-hybridized carbons (Fsp3) is 0.273. The van der Waals surface area contributed by atoms with Crippen LogP contribution in [0.3, 0.4) is 0 Å². The molecule has 1 aromatic heterocycles. The summed E-state index contributed by atoms with van der Waals surface area (Å²) in [7, 11) is 0. The van der Waals surface area contributed by atoms with Crippen molar-refractivity contribution in [2.75, 3.05) is 5.01 Å². The molecular formula is C11H16N4O2. The first kappa shape index (κ1) is 13.0. The molecule has 0 atom stereocenters. The van der Waals surface area contributed by atoms with Gasteiger partial charge in [0.2, 0.25) is 0 Å². The Hall–Kier alpha value is -2.08. The molecule has 0 aliphatic rings. The fourth-order valence-corrected chi connectivity index (χ4v) is 1.20. The molecular weight excluding hydrogens is 220 g/mol. The maximum Gasteiger partial charge on any atom is 0.440 e. The number of aromatic amines is 1. The van der Waals surface area contributed by atoms with Crippen molar-refractivity contribution >= 4 is 5.95 Å². The zero-order chi connectivity index (χ0) is 12.7. The number of hydrogen-bond acceptors (Lipinski definition) is 5. The Bertz CT molecular complexity index is 477. The minimum atomic E-state index is -0.617. The fourth-order valence-electron chi connectivity index (χ4n) is 1.20. The maximum atomic E-state index is 10.7. The third kappa shape index (κ3) is 3.76. The molecule has 0 aliphatic heterocycles. The number of benzene rings is 1. The Balaban J connectivity index is 0.000000686. The molecule has 6 nitrogen and oxygen atoms in total. The molecule has 6 heteroatoms. The predicted octanol–water partition coefficient (Wildman–Crippen LogP) is 1.27. The average Bonchev–Trinajstić information content (AvgIpc) is 2.80. The van der Waals surface area contributed by atoms with Crippen molar-refractivity contribution in [3.8, 4) is 0 Å². The molecule has 0 spiro atoms. The molecule has 0 bridgehead atoms. The highest BCUT2D eigenvalue weighted by atomic mass is 16.5. The van der Waals surface area contributed by atoms with Crippen LogP contribution in [0.15, 0.2) is 39.6 Å². The van der Waals surface area contributed by atoms with Gasteiger partial charge in [0.15, 0.2) is 0 Å². The van der Waals surface area contributed by atoms with E-state index in [1.54, 1.807) is 0 Å². The van der Waals surface area contributed by atoms with E-state index < -0.39 is 5.76 Å². The molecule has 2 rings (SSSR count). The van der Waals surface area contributed by atoms with Gasteiger partial charge in [0, 0.05) is 0 Å². The summed E-state index contributed by atoms with van der Waals surface area (Å²) >= 11 is 0. The number of H-pyrrole nitrogens is 1. The molecule has 0 radical (unpaired) electrons. The lowest BCUT2D eigenvalue weighted by Gasteiger charge is -2.13. The van der Waals surface area contributed by atoms with Crippen molar-refractivity contribution in [2.45, 2.75) is 20.4 Å². The van der Waals surface area contributed by atoms with Gasteiger partial charge in [-0.1, -0.05) is 44.2 Å². The first-order chi connectivity index (χ1) is 8.25. The largest absolute Gasteiger partial charge is 0.440 e. The minimum Gasteiger partial charge on any atom is -0.294 e. The number of hydrazine groups is 1. The van der Waals surface area contributed by atoms with E-state index in [-0.39, 0.29) is 5.95 Å². The van der Waals surface area contributed by atoms with E-state index in [4.69, 9.17) is 5.84 Å². The topological polar surface area (TPSA) is 88.2 Å². The lowest BCUT2D eigenvalue weighted by Crippen LogP contribution is -2.31. The van der Waals surface area contributed by atoms with Crippen molar-refractivity contribution < 1.29 is 4.52 Å². The molecule has 0 fully saturated rings. The SMILES string of the molecule is CC.NN(Cc1ccccc1)c1noc(=O)[nH]1. The monoisotopic (exact) mass is 236 g/mol. The van der Waals surface area contributed by atoms with Crippen LogP contribution in [0.2, 0.25) is 0 Å². The minimum absolute atomic E-state index is 0.212. The zero-order valence-corrected chi connectivity index (χ0v) is 9.88. The van der Waals surface area contributed by atoms with Crippen molar-refractivity contribution in [1.29, 1.82) is 0 Å². The van der Waals surface area contributed by atoms with Crippen molar-refractivity contribution in [3.63, 3.8) is 0 Å². The van der Waals surface area contributed by atoms with Gasteiger partial charge in [-0.3, -0.25) is 14.5 Å². The van der Waals surface area contributed by atoms with E-state index in [1.165, 1.54) is 5.01 Å². The number of nitrogens with two attached hydrogens (primary N) is 1. The lowest BCUT2D eigenvalue weighted by atomic mass is 10.2. The Morgan fingerprint density at radius 3 is 2.53 bits per heavy atom. The van der Waals surface area contributed by atoms with Crippen LogP contribution in [0.25, 0.3) is 0 Å². The van der Waals surface area contributed by atoms with Gasteiger partial charge in [0.25, 0.3) is 5.95 Å². The van der Waals surface area contributed by atoms with Crippen LogP contribution in [0.5, 0.6) is 0 Å². The summed E-state index contributed by atoms with van der Waals surface area (Å²) in [5.41, 5.74) is 1.02. The Labute approximate surface area is 99.0 Å². The second-order valence-electron chi connectivity index (χ2n) is 3.03. The lowest BCUT2D eigenvalue weighted by molar-refractivity contribution is 0.386. The van der Waals surface area contributed by atoms with Crippen LogP contribution in [-0.2, 0) is 6.54 Å². The van der Waals surface area contributed by atoms with Gasteiger partial charge in [0.05, 0.1) is 6.54 Å². The molecule has 1 heterocycles. The summed E-state index contributed by atoms with van der Waals surface area (Å²) < 4.78 is 4.34. The highest BCUT2D eigenvalue weighted by Crippen LogP contribution is 2.05. The highest BCUT2D eigenvalue weighted by Gasteiger charge is 2.07. The highest BCUT2D eigenvalue weighted by molar-refractivity contribution is 5.27. The van der Waals surface area contributed by atoms with Crippen LogP contribution < -0.4 is 16.6 Å². The van der Waals surface area contributed by atoms with E-state index in [0.29, 0.717) is 6.54 Å². The summed E-state index contributed by atoms with van der Waals surface area (Å²) in [5.74, 6) is 5.28. The number of aromatic nitrogens is 2. The first-order valence-electron chi connectivity index (χ1n) is 5.38. The van der Waals surface area contributed by atoms with Crippen molar-refractivity contribution in [1.82, 2.24) is 10.1 Å². The number of nitrogens with one attached hydrogen (secondary N) is 1. The predicted molar refractivity (Wildman–Crippen MR) is 65.3 cm³/mol. The van der Waals surface area contributed by atoms with Gasteiger partial charge in [-0.25, -0.2) is 10.6 Å². The summed E-state index contributed by atoms with van der Waals surface area (Å²) in [6.45, 7) is 4.45. The first-order valence-corrected chi connectivity index (χ1v) is 5.38. The molecule has 0 saturated heterocycles. The Kier molecular flexibility index (Phi) is 4.96. The maximum absolute atomic E-state index is 10.7. The Morgan fingerprint density at radius 2 is 2.00 bits per heavy atom. The molecule has 0 aliphatic carbocycles. The summed E-state index contributed by atoms with van der Waals surface area (Å²) in [5, 5.41) is 4.78. The second-order valence-corrected chi connectivity index (χ2v) is 3.03. The summed E-state index contributed by atoms with van der Waals surface area (Å²) in [6.07, 6.45) is 0. The van der Waals surface area contributed by atoms with Gasteiger partial charge in [-0.15, -0.1) is 0 Å². The molecule has 3 N–H and O–H groups in total. The van der Waals surface area contributed by atoms with E-state index in [0.717, 1.165) is 5.56 Å². The second kappa shape index (κ2) is 6.49. The van der Waals surface area contributed by atoms with Gasteiger partial charge in [-0.2, -0.15) is 0 Å². The number of rotatable bonds is 3. The van der Waals surface area contributed by atoms with E-state index in [9.17, 15) is 4.79 Å². The standard InChI is InChI=1S/C9H10N4O2.C2H6/c10-13(8-11-9(14)15-12-8)6-7-4-2-1-3-5-7;1-2/h1-5H,6,10H2,(H,11,12,14);1-2H3. The smallest absolute Gasteiger partial charge is 0.294 e. The summed E-state index contributed by atoms with van der Waals surface area (Å²) in [4.78, 5) is 13.0. The van der Waals surface area contributed by atoms with Crippen LogP contribution in [0.4, 0.5) is 5.95 Å². The van der Waals surface area contributed by atoms with Crippen LogP contribution in [-0.4, -0.2) is 10.1 Å². The molecule has 2 aromatic rings. The third-order valence-electron chi connectivity index (χ3n) is 1.90. The van der Waals surface area contributed by atoms with E-state index in [1.807, 2.05) is 44.2 Å². The van der Waals surface area contributed by atoms with Gasteiger partial charge >= 0.3 is 5.76 Å². The molecule has 0 amide bonds. The van der Waals surface area contributed by atoms with E-state index in [2.05, 4.69) is 14.7 Å². The van der Waals surface area contributed by atoms with Crippen LogP contribution >= 0.6 is 0 Å². The van der Waals surface area contributed by atoms with Gasteiger partial charge < -0.3 is 0 Å². The third-order valence-corrected chi connectivity index (χ3v) is 1.90. The number of hydrogen-bond donors (Lipinski definition) is 2. The quantitative estimate of drug-likeness (QED) is 0.619. The van der Waals surface area contributed by atoms with Crippen molar-refractivity contribution in [2.24, 2.45) is 5.84 Å². The van der Waals surface area contributed by atoms with E-state index >= 15 is 0 Å². The molecule has 0 saturated carbocycles. The average molecular weight is 236 g/mol. The van der Waals surface area contributed by atoms with Crippen molar-refractivity contribution in [3.05, 3.63) is 46.4 Å². The molecule has 17 heavy (non-hydrogen) atoms. The van der Waals surface area contributed by atoms with Gasteiger partial charge in [-0.05, 0) is 10.7 Å². The Morgan fingerprint density at radius 1 is 1.35 bits per heavy atom.